The van der Waals surface area contributed by atoms with Crippen molar-refractivity contribution in [2.75, 3.05) is 0 Å². The first kappa shape index (κ1) is 23.8. The summed E-state index contributed by atoms with van der Waals surface area (Å²) in [6, 6.07) is 20.6. The van der Waals surface area contributed by atoms with Gasteiger partial charge in [-0.15, -0.1) is 0 Å². The fourth-order valence-electron chi connectivity index (χ4n) is 4.41. The van der Waals surface area contributed by atoms with Gasteiger partial charge in [-0.2, -0.15) is 10.2 Å². The van der Waals surface area contributed by atoms with Gasteiger partial charge in [-0.05, 0) is 80.3 Å². The lowest BCUT2D eigenvalue weighted by Gasteiger charge is -2.15. The highest BCUT2D eigenvalue weighted by Crippen LogP contribution is 2.38. The standard InChI is InChI=1S/C28H23BrN4O3/c1-16(2)35-25-13-8-18(14-19(25)15-30)28-32-26(33-36-28)23-5-3-4-22-21(23)11-12-24(22)31-27(34)17-6-9-20(29)10-7-17/h3-10,13-14,16,24H,11-12H2,1-2H3,(H,31,34)/t24-/m1/s1. The summed E-state index contributed by atoms with van der Waals surface area (Å²) >= 11 is 3.40. The lowest BCUT2D eigenvalue weighted by molar-refractivity contribution is 0.0936. The molecule has 1 atom stereocenters. The largest absolute Gasteiger partial charge is 0.490 e. The average molecular weight is 543 g/mol. The van der Waals surface area contributed by atoms with Gasteiger partial charge in [0.05, 0.1) is 17.7 Å². The smallest absolute Gasteiger partial charge is 0.258 e. The van der Waals surface area contributed by atoms with E-state index < -0.39 is 0 Å². The Morgan fingerprint density at radius 2 is 2.00 bits per heavy atom. The summed E-state index contributed by atoms with van der Waals surface area (Å²) in [5.41, 5.74) is 4.71. The molecular formula is C28H23BrN4O3. The van der Waals surface area contributed by atoms with E-state index in [9.17, 15) is 10.1 Å². The molecule has 7 nitrogen and oxygen atoms in total. The second-order valence-corrected chi connectivity index (χ2v) is 9.77. The number of nitriles is 1. The maximum absolute atomic E-state index is 12.8. The van der Waals surface area contributed by atoms with Crippen LogP contribution < -0.4 is 10.1 Å². The third-order valence-electron chi connectivity index (χ3n) is 6.06. The normalized spacial score (nSPS) is 14.4. The Bertz CT molecular complexity index is 1470. The van der Waals surface area contributed by atoms with Crippen molar-refractivity contribution in [2.45, 2.75) is 38.8 Å². The minimum absolute atomic E-state index is 0.0402. The first-order valence-electron chi connectivity index (χ1n) is 11.7. The molecule has 36 heavy (non-hydrogen) atoms. The van der Waals surface area contributed by atoms with Crippen LogP contribution >= 0.6 is 15.9 Å². The van der Waals surface area contributed by atoms with Crippen LogP contribution in [0.1, 0.15) is 53.4 Å². The van der Waals surface area contributed by atoms with Crippen LogP contribution in [0.15, 0.2) is 69.7 Å². The summed E-state index contributed by atoms with van der Waals surface area (Å²) < 4.78 is 12.2. The Labute approximate surface area is 217 Å². The molecule has 1 aliphatic carbocycles. The number of nitrogens with one attached hydrogen (secondary N) is 1. The molecule has 0 saturated carbocycles. The summed E-state index contributed by atoms with van der Waals surface area (Å²) in [4.78, 5) is 17.4. The fraction of sp³-hybridized carbons (Fsp3) is 0.214. The zero-order chi connectivity index (χ0) is 25.2. The number of hydrogen-bond acceptors (Lipinski definition) is 6. The average Bonchev–Trinajstić information content (AvgIpc) is 3.52. The molecule has 0 bridgehead atoms. The van der Waals surface area contributed by atoms with Gasteiger partial charge in [0.2, 0.25) is 5.82 Å². The molecule has 1 heterocycles. The van der Waals surface area contributed by atoms with Gasteiger partial charge in [0.1, 0.15) is 11.8 Å². The summed E-state index contributed by atoms with van der Waals surface area (Å²) in [6.45, 7) is 3.82. The van der Waals surface area contributed by atoms with E-state index in [1.807, 2.05) is 44.2 Å². The molecule has 0 aliphatic heterocycles. The molecule has 3 aromatic carbocycles. The molecule has 1 aliphatic rings. The molecule has 0 unspecified atom stereocenters. The van der Waals surface area contributed by atoms with Crippen molar-refractivity contribution in [2.24, 2.45) is 0 Å². The number of carbonyl (C=O) groups excluding carboxylic acids is 1. The number of fused-ring (bicyclic) bond motifs is 1. The fourth-order valence-corrected chi connectivity index (χ4v) is 4.68. The Morgan fingerprint density at radius 1 is 1.19 bits per heavy atom. The molecular weight excluding hydrogens is 520 g/mol. The molecule has 5 rings (SSSR count). The van der Waals surface area contributed by atoms with Crippen molar-refractivity contribution in [1.82, 2.24) is 15.5 Å². The number of ether oxygens (including phenoxy) is 1. The number of halogens is 1. The van der Waals surface area contributed by atoms with Gasteiger partial charge in [-0.25, -0.2) is 0 Å². The van der Waals surface area contributed by atoms with Crippen molar-refractivity contribution in [3.8, 4) is 34.7 Å². The lowest BCUT2D eigenvalue weighted by Crippen LogP contribution is -2.27. The minimum atomic E-state index is -0.106. The number of rotatable bonds is 6. The summed E-state index contributed by atoms with van der Waals surface area (Å²) in [5.74, 6) is 1.22. The van der Waals surface area contributed by atoms with Gasteiger partial charge in [-0.3, -0.25) is 4.79 Å². The van der Waals surface area contributed by atoms with Crippen LogP contribution in [0, 0.1) is 11.3 Å². The Hall–Kier alpha value is -3.96. The van der Waals surface area contributed by atoms with Crippen LogP contribution in [0.4, 0.5) is 0 Å². The van der Waals surface area contributed by atoms with Crippen LogP contribution in [0.2, 0.25) is 0 Å². The molecule has 0 fully saturated rings. The summed E-state index contributed by atoms with van der Waals surface area (Å²) in [5, 5.41) is 16.9. The molecule has 1 aromatic heterocycles. The van der Waals surface area contributed by atoms with E-state index >= 15 is 0 Å². The quantitative estimate of drug-likeness (QED) is 0.309. The molecule has 1 N–H and O–H groups in total. The SMILES string of the molecule is CC(C)Oc1ccc(-c2nc(-c3cccc4c3CC[C@H]4NC(=O)c3ccc(Br)cc3)no2)cc1C#N. The second-order valence-electron chi connectivity index (χ2n) is 8.86. The van der Waals surface area contributed by atoms with Crippen molar-refractivity contribution < 1.29 is 14.1 Å². The molecule has 0 spiro atoms. The number of nitrogens with zero attached hydrogens (tertiary/aromatic N) is 3. The van der Waals surface area contributed by atoms with Gasteiger partial charge in [-0.1, -0.05) is 39.3 Å². The zero-order valence-electron chi connectivity index (χ0n) is 19.8. The van der Waals surface area contributed by atoms with E-state index in [1.165, 1.54) is 0 Å². The second kappa shape index (κ2) is 9.96. The van der Waals surface area contributed by atoms with Crippen LogP contribution in [-0.4, -0.2) is 22.2 Å². The van der Waals surface area contributed by atoms with E-state index in [1.54, 1.807) is 30.3 Å². The van der Waals surface area contributed by atoms with Crippen LogP contribution in [0.25, 0.3) is 22.8 Å². The molecule has 4 aromatic rings. The molecule has 1 amide bonds. The number of carbonyl (C=O) groups is 1. The third-order valence-corrected chi connectivity index (χ3v) is 6.59. The summed E-state index contributed by atoms with van der Waals surface area (Å²) in [7, 11) is 0. The van der Waals surface area contributed by atoms with Gasteiger partial charge in [0.15, 0.2) is 0 Å². The van der Waals surface area contributed by atoms with Crippen molar-refractivity contribution in [1.29, 1.82) is 5.26 Å². The molecule has 8 heteroatoms. The number of benzene rings is 3. The van der Waals surface area contributed by atoms with Gasteiger partial charge in [0.25, 0.3) is 11.8 Å². The van der Waals surface area contributed by atoms with Crippen molar-refractivity contribution in [3.05, 3.63) is 87.4 Å². The Balaban J connectivity index is 1.39. The van der Waals surface area contributed by atoms with Crippen molar-refractivity contribution in [3.63, 3.8) is 0 Å². The van der Waals surface area contributed by atoms with Gasteiger partial charge in [0, 0.05) is 21.2 Å². The van der Waals surface area contributed by atoms with E-state index in [0.717, 1.165) is 34.0 Å². The Morgan fingerprint density at radius 3 is 2.75 bits per heavy atom. The number of hydrogen-bond donors (Lipinski definition) is 1. The highest BCUT2D eigenvalue weighted by Gasteiger charge is 2.28. The third kappa shape index (κ3) is 4.75. The predicted octanol–water partition coefficient (Wildman–Crippen LogP) is 6.24. The highest BCUT2D eigenvalue weighted by atomic mass is 79.9. The molecule has 0 saturated heterocycles. The minimum Gasteiger partial charge on any atom is -0.490 e. The van der Waals surface area contributed by atoms with Gasteiger partial charge >= 0.3 is 0 Å². The van der Waals surface area contributed by atoms with Crippen molar-refractivity contribution >= 4 is 21.8 Å². The summed E-state index contributed by atoms with van der Waals surface area (Å²) in [6.07, 6.45) is 1.55. The number of amides is 1. The van der Waals surface area contributed by atoms with E-state index in [2.05, 4.69) is 37.5 Å². The predicted molar refractivity (Wildman–Crippen MR) is 138 cm³/mol. The molecule has 180 valence electrons. The maximum atomic E-state index is 12.8. The Kier molecular flexibility index (Phi) is 6.57. The van der Waals surface area contributed by atoms with E-state index in [0.29, 0.717) is 34.2 Å². The maximum Gasteiger partial charge on any atom is 0.258 e. The molecule has 0 radical (unpaired) electrons. The topological polar surface area (TPSA) is 101 Å². The first-order valence-corrected chi connectivity index (χ1v) is 12.5. The van der Waals surface area contributed by atoms with E-state index in [4.69, 9.17) is 9.26 Å². The zero-order valence-corrected chi connectivity index (χ0v) is 21.4. The van der Waals surface area contributed by atoms with Gasteiger partial charge < -0.3 is 14.6 Å². The van der Waals surface area contributed by atoms with E-state index in [-0.39, 0.29) is 18.1 Å². The van der Waals surface area contributed by atoms with Crippen LogP contribution in [-0.2, 0) is 6.42 Å². The van der Waals surface area contributed by atoms with Crippen LogP contribution in [0.5, 0.6) is 5.75 Å². The number of aromatic nitrogens is 2. The lowest BCUT2D eigenvalue weighted by atomic mass is 10.0. The highest BCUT2D eigenvalue weighted by molar-refractivity contribution is 9.10. The van der Waals surface area contributed by atoms with Crippen LogP contribution in [0.3, 0.4) is 0 Å². The monoisotopic (exact) mass is 542 g/mol. The first-order chi connectivity index (χ1) is 17.4.